The summed E-state index contributed by atoms with van der Waals surface area (Å²) in [6.07, 6.45) is -3.32. The molecular formula is C20H16ClF3N2O2. The minimum absolute atomic E-state index is 0.0117. The predicted octanol–water partition coefficient (Wildman–Crippen LogP) is 4.13. The highest BCUT2D eigenvalue weighted by atomic mass is 35.5. The van der Waals surface area contributed by atoms with Crippen LogP contribution in [0.25, 0.3) is 11.1 Å². The molecule has 1 N–H and O–H groups in total. The van der Waals surface area contributed by atoms with E-state index < -0.39 is 11.7 Å². The van der Waals surface area contributed by atoms with Gasteiger partial charge in [-0.05, 0) is 41.8 Å². The smallest absolute Gasteiger partial charge is 0.347 e. The van der Waals surface area contributed by atoms with Gasteiger partial charge in [-0.1, -0.05) is 29.8 Å². The van der Waals surface area contributed by atoms with Gasteiger partial charge in [-0.25, -0.2) is 0 Å². The highest BCUT2D eigenvalue weighted by Gasteiger charge is 2.49. The van der Waals surface area contributed by atoms with Gasteiger partial charge in [0.05, 0.1) is 16.1 Å². The van der Waals surface area contributed by atoms with Crippen molar-refractivity contribution >= 4 is 23.4 Å². The SMILES string of the molecule is O=C1CCC2(CN(C(=O)c3ccc(-c4ccc(Cl)c(C(F)(F)F)c4)cc3)C2)N1. The number of likely N-dealkylation sites (tertiary alicyclic amines) is 1. The lowest BCUT2D eigenvalue weighted by Crippen LogP contribution is -2.68. The summed E-state index contributed by atoms with van der Waals surface area (Å²) >= 11 is 5.66. The molecule has 0 radical (unpaired) electrons. The van der Waals surface area contributed by atoms with Crippen LogP contribution in [0.5, 0.6) is 0 Å². The molecule has 28 heavy (non-hydrogen) atoms. The molecule has 0 bridgehead atoms. The van der Waals surface area contributed by atoms with E-state index in [2.05, 4.69) is 5.32 Å². The Balaban J connectivity index is 1.49. The molecule has 0 unspecified atom stereocenters. The summed E-state index contributed by atoms with van der Waals surface area (Å²) in [6.45, 7) is 0.955. The van der Waals surface area contributed by atoms with E-state index in [4.69, 9.17) is 11.6 Å². The number of alkyl halides is 3. The van der Waals surface area contributed by atoms with Crippen LogP contribution in [0.2, 0.25) is 5.02 Å². The molecule has 2 saturated heterocycles. The third-order valence-corrected chi connectivity index (χ3v) is 5.58. The number of hydrogen-bond acceptors (Lipinski definition) is 2. The van der Waals surface area contributed by atoms with Crippen LogP contribution >= 0.6 is 11.6 Å². The van der Waals surface area contributed by atoms with Crippen LogP contribution in [-0.2, 0) is 11.0 Å². The van der Waals surface area contributed by atoms with E-state index in [-0.39, 0.29) is 22.4 Å². The van der Waals surface area contributed by atoms with Gasteiger partial charge in [0.1, 0.15) is 0 Å². The number of nitrogens with one attached hydrogen (secondary N) is 1. The number of amides is 2. The average molecular weight is 409 g/mol. The summed E-state index contributed by atoms with van der Waals surface area (Å²) in [7, 11) is 0. The van der Waals surface area contributed by atoms with Crippen molar-refractivity contribution in [2.75, 3.05) is 13.1 Å². The Morgan fingerprint density at radius 1 is 1.07 bits per heavy atom. The lowest BCUT2D eigenvalue weighted by atomic mass is 9.87. The van der Waals surface area contributed by atoms with Crippen LogP contribution in [0.1, 0.15) is 28.8 Å². The molecule has 146 valence electrons. The van der Waals surface area contributed by atoms with Crippen LogP contribution in [-0.4, -0.2) is 35.3 Å². The zero-order chi connectivity index (χ0) is 20.1. The maximum absolute atomic E-state index is 13.0. The normalized spacial score (nSPS) is 18.1. The maximum atomic E-state index is 13.0. The quantitative estimate of drug-likeness (QED) is 0.812. The molecule has 2 aliphatic heterocycles. The molecule has 2 aliphatic rings. The fraction of sp³-hybridized carbons (Fsp3) is 0.300. The first-order valence-electron chi connectivity index (χ1n) is 8.74. The molecule has 2 heterocycles. The first-order chi connectivity index (χ1) is 13.2. The predicted molar refractivity (Wildman–Crippen MR) is 97.9 cm³/mol. The average Bonchev–Trinajstić information content (AvgIpc) is 3.02. The molecule has 2 fully saturated rings. The number of nitrogens with zero attached hydrogens (tertiary/aromatic N) is 1. The Bertz CT molecular complexity index is 951. The van der Waals surface area contributed by atoms with Gasteiger partial charge in [-0.2, -0.15) is 13.2 Å². The molecule has 0 aromatic heterocycles. The van der Waals surface area contributed by atoms with Gasteiger partial charge in [0.15, 0.2) is 0 Å². The molecule has 2 aromatic carbocycles. The molecule has 4 nitrogen and oxygen atoms in total. The van der Waals surface area contributed by atoms with Crippen LogP contribution in [0.15, 0.2) is 42.5 Å². The molecule has 1 spiro atoms. The summed E-state index contributed by atoms with van der Waals surface area (Å²) in [6, 6.07) is 10.1. The van der Waals surface area contributed by atoms with Crippen molar-refractivity contribution in [3.63, 3.8) is 0 Å². The third kappa shape index (κ3) is 3.35. The van der Waals surface area contributed by atoms with Crippen molar-refractivity contribution in [1.82, 2.24) is 10.2 Å². The van der Waals surface area contributed by atoms with Crippen molar-refractivity contribution in [2.24, 2.45) is 0 Å². The van der Waals surface area contributed by atoms with E-state index in [1.54, 1.807) is 29.2 Å². The second kappa shape index (κ2) is 6.51. The summed E-state index contributed by atoms with van der Waals surface area (Å²) in [5.41, 5.74) is 0.197. The van der Waals surface area contributed by atoms with Gasteiger partial charge >= 0.3 is 6.18 Å². The van der Waals surface area contributed by atoms with Crippen LogP contribution in [0.3, 0.4) is 0 Å². The van der Waals surface area contributed by atoms with Gasteiger partial charge in [0, 0.05) is 25.1 Å². The molecule has 4 rings (SSSR count). The molecule has 0 atom stereocenters. The van der Waals surface area contributed by atoms with Crippen molar-refractivity contribution in [1.29, 1.82) is 0 Å². The molecule has 2 amide bonds. The van der Waals surface area contributed by atoms with Gasteiger partial charge in [-0.15, -0.1) is 0 Å². The number of halogens is 4. The first-order valence-corrected chi connectivity index (χ1v) is 9.12. The zero-order valence-corrected chi connectivity index (χ0v) is 15.4. The Morgan fingerprint density at radius 3 is 2.29 bits per heavy atom. The van der Waals surface area contributed by atoms with Crippen molar-refractivity contribution in [3.8, 4) is 11.1 Å². The highest BCUT2D eigenvalue weighted by molar-refractivity contribution is 6.31. The third-order valence-electron chi connectivity index (χ3n) is 5.25. The Kier molecular flexibility index (Phi) is 4.38. The van der Waals surface area contributed by atoms with Crippen molar-refractivity contribution in [2.45, 2.75) is 24.6 Å². The fourth-order valence-electron chi connectivity index (χ4n) is 3.75. The molecule has 8 heteroatoms. The lowest BCUT2D eigenvalue weighted by Gasteiger charge is -2.47. The molecular weight excluding hydrogens is 393 g/mol. The molecule has 0 saturated carbocycles. The summed E-state index contributed by atoms with van der Waals surface area (Å²) in [5, 5.41) is 2.57. The molecule has 0 aliphatic carbocycles. The Labute approximate surface area is 164 Å². The number of carbonyl (C=O) groups excluding carboxylic acids is 2. The van der Waals surface area contributed by atoms with E-state index in [1.165, 1.54) is 12.1 Å². The van der Waals surface area contributed by atoms with E-state index in [0.29, 0.717) is 36.2 Å². The van der Waals surface area contributed by atoms with E-state index in [1.807, 2.05) is 0 Å². The standard InChI is InChI=1S/C20H16ClF3N2O2/c21-16-6-5-14(9-15(16)20(22,23)24)12-1-3-13(4-2-12)18(28)26-10-19(11-26)8-7-17(27)25-19/h1-6,9H,7-8,10-11H2,(H,25,27). The number of rotatable bonds is 2. The van der Waals surface area contributed by atoms with Crippen LogP contribution in [0, 0.1) is 0 Å². The second-order valence-electron chi connectivity index (χ2n) is 7.26. The monoisotopic (exact) mass is 408 g/mol. The minimum atomic E-state index is -4.54. The minimum Gasteiger partial charge on any atom is -0.347 e. The van der Waals surface area contributed by atoms with Crippen LogP contribution < -0.4 is 5.32 Å². The fourth-order valence-corrected chi connectivity index (χ4v) is 3.97. The van der Waals surface area contributed by atoms with Gasteiger partial charge in [0.2, 0.25) is 5.91 Å². The maximum Gasteiger partial charge on any atom is 0.417 e. The van der Waals surface area contributed by atoms with Crippen LogP contribution in [0.4, 0.5) is 13.2 Å². The summed E-state index contributed by atoms with van der Waals surface area (Å²) in [4.78, 5) is 25.6. The molecule has 2 aromatic rings. The van der Waals surface area contributed by atoms with Gasteiger partial charge < -0.3 is 10.2 Å². The second-order valence-corrected chi connectivity index (χ2v) is 7.67. The van der Waals surface area contributed by atoms with E-state index in [0.717, 1.165) is 12.5 Å². The van der Waals surface area contributed by atoms with Gasteiger partial charge in [-0.3, -0.25) is 9.59 Å². The summed E-state index contributed by atoms with van der Waals surface area (Å²) < 4.78 is 39.1. The number of hydrogen-bond donors (Lipinski definition) is 1. The topological polar surface area (TPSA) is 49.4 Å². The zero-order valence-electron chi connectivity index (χ0n) is 14.6. The van der Waals surface area contributed by atoms with Crippen molar-refractivity contribution in [3.05, 3.63) is 58.6 Å². The van der Waals surface area contributed by atoms with Gasteiger partial charge in [0.25, 0.3) is 5.91 Å². The summed E-state index contributed by atoms with van der Waals surface area (Å²) in [5.74, 6) is -0.150. The number of carbonyl (C=O) groups is 2. The Morgan fingerprint density at radius 2 is 1.71 bits per heavy atom. The Hall–Kier alpha value is -2.54. The first kappa shape index (κ1) is 18.8. The largest absolute Gasteiger partial charge is 0.417 e. The van der Waals surface area contributed by atoms with E-state index in [9.17, 15) is 22.8 Å². The van der Waals surface area contributed by atoms with Crippen molar-refractivity contribution < 1.29 is 22.8 Å². The number of benzene rings is 2. The lowest BCUT2D eigenvalue weighted by molar-refractivity contribution is -0.137. The highest BCUT2D eigenvalue weighted by Crippen LogP contribution is 2.37. The van der Waals surface area contributed by atoms with E-state index >= 15 is 0 Å².